The van der Waals surface area contributed by atoms with E-state index < -0.39 is 17.8 Å². The summed E-state index contributed by atoms with van der Waals surface area (Å²) in [7, 11) is 0. The smallest absolute Gasteiger partial charge is 0.343 e. The Balaban J connectivity index is 1.56. The Kier molecular flexibility index (Phi) is 7.37. The number of rotatable bonds is 5. The predicted molar refractivity (Wildman–Crippen MR) is 119 cm³/mol. The lowest BCUT2D eigenvalue weighted by molar-refractivity contribution is -0.136. The van der Waals surface area contributed by atoms with E-state index in [1.165, 1.54) is 12.3 Å². The van der Waals surface area contributed by atoms with Crippen molar-refractivity contribution in [3.8, 4) is 5.75 Å². The molecule has 0 saturated carbocycles. The van der Waals surface area contributed by atoms with E-state index in [1.807, 2.05) is 0 Å². The van der Waals surface area contributed by atoms with Crippen LogP contribution in [-0.4, -0.2) is 24.0 Å². The number of esters is 1. The van der Waals surface area contributed by atoms with Crippen LogP contribution in [0.2, 0.25) is 10.0 Å². The summed E-state index contributed by atoms with van der Waals surface area (Å²) in [5, 5.41) is 7.09. The van der Waals surface area contributed by atoms with Gasteiger partial charge in [-0.05, 0) is 60.2 Å². The molecular formula is C22H15Cl2N3O4. The van der Waals surface area contributed by atoms with E-state index >= 15 is 0 Å². The number of hydrogen-bond acceptors (Lipinski definition) is 5. The number of amides is 2. The van der Waals surface area contributed by atoms with E-state index in [1.54, 1.807) is 66.7 Å². The van der Waals surface area contributed by atoms with Crippen molar-refractivity contribution < 1.29 is 19.1 Å². The number of hydrazone groups is 1. The Morgan fingerprint density at radius 2 is 1.58 bits per heavy atom. The van der Waals surface area contributed by atoms with Crippen LogP contribution in [0.25, 0.3) is 0 Å². The standard InChI is InChI=1S/C22H15Cl2N3O4/c23-16-9-7-15(8-10-16)22(30)31-19-6-1-3-14(11-19)13-25-27-21(29)20(28)26-18-5-2-4-17(24)12-18/h1-13H,(H,26,28)(H,27,29). The number of nitrogens with zero attached hydrogens (tertiary/aromatic N) is 1. The lowest BCUT2D eigenvalue weighted by Crippen LogP contribution is -2.32. The fourth-order valence-electron chi connectivity index (χ4n) is 2.38. The van der Waals surface area contributed by atoms with Gasteiger partial charge in [-0.25, -0.2) is 10.2 Å². The third-order valence-corrected chi connectivity index (χ3v) is 4.30. The van der Waals surface area contributed by atoms with Crippen molar-refractivity contribution in [2.24, 2.45) is 5.10 Å². The zero-order chi connectivity index (χ0) is 22.2. The molecule has 31 heavy (non-hydrogen) atoms. The Hall–Kier alpha value is -3.68. The second-order valence-corrected chi connectivity index (χ2v) is 7.01. The third kappa shape index (κ3) is 6.67. The molecule has 156 valence electrons. The first-order chi connectivity index (χ1) is 14.9. The van der Waals surface area contributed by atoms with Gasteiger partial charge in [0, 0.05) is 15.7 Å². The van der Waals surface area contributed by atoms with Gasteiger partial charge in [0.2, 0.25) is 0 Å². The number of anilines is 1. The van der Waals surface area contributed by atoms with Crippen LogP contribution in [0.15, 0.2) is 77.9 Å². The zero-order valence-corrected chi connectivity index (χ0v) is 17.4. The van der Waals surface area contributed by atoms with Crippen molar-refractivity contribution in [3.05, 3.63) is 94.0 Å². The van der Waals surface area contributed by atoms with Crippen LogP contribution in [0.1, 0.15) is 15.9 Å². The highest BCUT2D eigenvalue weighted by atomic mass is 35.5. The zero-order valence-electron chi connectivity index (χ0n) is 15.8. The lowest BCUT2D eigenvalue weighted by atomic mass is 10.2. The van der Waals surface area contributed by atoms with Gasteiger partial charge in [-0.15, -0.1) is 0 Å². The molecule has 3 rings (SSSR count). The summed E-state index contributed by atoms with van der Waals surface area (Å²) in [6.45, 7) is 0. The van der Waals surface area contributed by atoms with Gasteiger partial charge in [0.1, 0.15) is 5.75 Å². The number of hydrogen-bond donors (Lipinski definition) is 2. The molecule has 0 aliphatic rings. The molecule has 0 fully saturated rings. The van der Waals surface area contributed by atoms with Gasteiger partial charge in [0.25, 0.3) is 0 Å². The van der Waals surface area contributed by atoms with Crippen molar-refractivity contribution >= 4 is 52.9 Å². The Morgan fingerprint density at radius 1 is 0.839 bits per heavy atom. The first kappa shape index (κ1) is 22.0. The van der Waals surface area contributed by atoms with Crippen LogP contribution < -0.4 is 15.5 Å². The summed E-state index contributed by atoms with van der Waals surface area (Å²) in [6, 6.07) is 19.2. The van der Waals surface area contributed by atoms with Crippen molar-refractivity contribution in [2.45, 2.75) is 0 Å². The van der Waals surface area contributed by atoms with Gasteiger partial charge in [0.05, 0.1) is 11.8 Å². The molecule has 0 heterocycles. The summed E-state index contributed by atoms with van der Waals surface area (Å²) >= 11 is 11.6. The summed E-state index contributed by atoms with van der Waals surface area (Å²) in [5.41, 5.74) is 3.39. The average Bonchev–Trinajstić information content (AvgIpc) is 2.74. The summed E-state index contributed by atoms with van der Waals surface area (Å²) < 4.78 is 5.32. The second-order valence-electron chi connectivity index (χ2n) is 6.13. The van der Waals surface area contributed by atoms with Gasteiger partial charge in [0.15, 0.2) is 0 Å². The number of benzene rings is 3. The van der Waals surface area contributed by atoms with Gasteiger partial charge in [-0.2, -0.15) is 5.10 Å². The fourth-order valence-corrected chi connectivity index (χ4v) is 2.70. The lowest BCUT2D eigenvalue weighted by Gasteiger charge is -2.05. The number of nitrogens with one attached hydrogen (secondary N) is 2. The van der Waals surface area contributed by atoms with Crippen molar-refractivity contribution in [1.29, 1.82) is 0 Å². The van der Waals surface area contributed by atoms with E-state index in [0.29, 0.717) is 26.9 Å². The van der Waals surface area contributed by atoms with E-state index in [-0.39, 0.29) is 5.75 Å². The van der Waals surface area contributed by atoms with Crippen LogP contribution in [0, 0.1) is 0 Å². The third-order valence-electron chi connectivity index (χ3n) is 3.82. The molecule has 2 N–H and O–H groups in total. The van der Waals surface area contributed by atoms with Crippen LogP contribution in [0.4, 0.5) is 5.69 Å². The molecule has 0 radical (unpaired) electrons. The molecule has 3 aromatic carbocycles. The van der Waals surface area contributed by atoms with Crippen LogP contribution >= 0.6 is 23.2 Å². The molecule has 0 unspecified atom stereocenters. The molecule has 0 aromatic heterocycles. The van der Waals surface area contributed by atoms with E-state index in [9.17, 15) is 14.4 Å². The SMILES string of the molecule is O=C(NN=Cc1cccc(OC(=O)c2ccc(Cl)cc2)c1)C(=O)Nc1cccc(Cl)c1. The van der Waals surface area contributed by atoms with Crippen LogP contribution in [-0.2, 0) is 9.59 Å². The quantitative estimate of drug-likeness (QED) is 0.197. The minimum atomic E-state index is -0.957. The molecule has 0 aliphatic heterocycles. The summed E-state index contributed by atoms with van der Waals surface area (Å²) in [5.74, 6) is -2.11. The van der Waals surface area contributed by atoms with E-state index in [4.69, 9.17) is 27.9 Å². The Bertz CT molecular complexity index is 1150. The monoisotopic (exact) mass is 455 g/mol. The maximum Gasteiger partial charge on any atom is 0.343 e. The first-order valence-corrected chi connectivity index (χ1v) is 9.64. The van der Waals surface area contributed by atoms with Crippen LogP contribution in [0.3, 0.4) is 0 Å². The minimum Gasteiger partial charge on any atom is -0.423 e. The second kappa shape index (κ2) is 10.4. The van der Waals surface area contributed by atoms with Gasteiger partial charge < -0.3 is 10.1 Å². The molecule has 9 heteroatoms. The highest BCUT2D eigenvalue weighted by molar-refractivity contribution is 6.39. The highest BCUT2D eigenvalue weighted by Crippen LogP contribution is 2.16. The molecular weight excluding hydrogens is 441 g/mol. The number of ether oxygens (including phenoxy) is 1. The maximum atomic E-state index is 12.2. The molecule has 0 bridgehead atoms. The molecule has 7 nitrogen and oxygen atoms in total. The van der Waals surface area contributed by atoms with Gasteiger partial charge in [-0.1, -0.05) is 41.4 Å². The number of halogens is 2. The van der Waals surface area contributed by atoms with Gasteiger partial charge in [-0.3, -0.25) is 9.59 Å². The summed E-state index contributed by atoms with van der Waals surface area (Å²) in [6.07, 6.45) is 1.31. The molecule has 2 amide bonds. The van der Waals surface area contributed by atoms with E-state index in [0.717, 1.165) is 0 Å². The molecule has 3 aromatic rings. The molecule has 0 spiro atoms. The molecule has 0 atom stereocenters. The maximum absolute atomic E-state index is 12.2. The van der Waals surface area contributed by atoms with Crippen LogP contribution in [0.5, 0.6) is 5.75 Å². The normalized spacial score (nSPS) is 10.5. The van der Waals surface area contributed by atoms with Crippen molar-refractivity contribution in [2.75, 3.05) is 5.32 Å². The van der Waals surface area contributed by atoms with Crippen molar-refractivity contribution in [1.82, 2.24) is 5.43 Å². The first-order valence-electron chi connectivity index (χ1n) is 8.88. The predicted octanol–water partition coefficient (Wildman–Crippen LogP) is 4.30. The topological polar surface area (TPSA) is 96.9 Å². The summed E-state index contributed by atoms with van der Waals surface area (Å²) in [4.78, 5) is 35.9. The van der Waals surface area contributed by atoms with E-state index in [2.05, 4.69) is 15.8 Å². The largest absolute Gasteiger partial charge is 0.423 e. The molecule has 0 aliphatic carbocycles. The Labute approximate surface area is 187 Å². The number of carbonyl (C=O) groups excluding carboxylic acids is 3. The van der Waals surface area contributed by atoms with Gasteiger partial charge >= 0.3 is 17.8 Å². The Morgan fingerprint density at radius 3 is 2.32 bits per heavy atom. The highest BCUT2D eigenvalue weighted by Gasteiger charge is 2.13. The minimum absolute atomic E-state index is 0.286. The average molecular weight is 456 g/mol. The molecule has 0 saturated heterocycles. The van der Waals surface area contributed by atoms with Crippen molar-refractivity contribution in [3.63, 3.8) is 0 Å². The number of carbonyl (C=O) groups is 3. The fraction of sp³-hybridized carbons (Fsp3) is 0.